The Hall–Kier alpha value is -2.29. The molecule has 2 aromatic rings. The van der Waals surface area contributed by atoms with E-state index in [2.05, 4.69) is 43.4 Å². The van der Waals surface area contributed by atoms with Crippen LogP contribution >= 0.6 is 0 Å². The van der Waals surface area contributed by atoms with Gasteiger partial charge >= 0.3 is 0 Å². The highest BCUT2D eigenvalue weighted by atomic mass is 16.5. The molecule has 2 aromatic carbocycles. The van der Waals surface area contributed by atoms with Crippen LogP contribution in [0.3, 0.4) is 0 Å². The molecule has 0 aliphatic carbocycles. The van der Waals surface area contributed by atoms with Crippen LogP contribution in [0.4, 0.5) is 0 Å². The molecule has 3 heteroatoms. The number of ether oxygens (including phenoxy) is 1. The van der Waals surface area contributed by atoms with Gasteiger partial charge in [0.1, 0.15) is 5.75 Å². The van der Waals surface area contributed by atoms with E-state index in [1.54, 1.807) is 6.92 Å². The first-order valence-corrected chi connectivity index (χ1v) is 9.06. The standard InChI is InChI=1S/C22H29NO2/c1-16(2)20-13-12-17(3)15-21(20)25-18(4)22(24)23-14-8-11-19-9-6-5-7-10-19/h5-7,9-10,12-13,15-16,18H,8,11,14H2,1-4H3,(H,23,24)/t18-/m1/s1. The third-order valence-corrected chi connectivity index (χ3v) is 4.25. The van der Waals surface area contributed by atoms with Gasteiger partial charge in [-0.25, -0.2) is 0 Å². The zero-order chi connectivity index (χ0) is 18.2. The average molecular weight is 339 g/mol. The summed E-state index contributed by atoms with van der Waals surface area (Å²) < 4.78 is 5.95. The van der Waals surface area contributed by atoms with E-state index in [0.717, 1.165) is 29.7 Å². The second-order valence-corrected chi connectivity index (χ2v) is 6.84. The Balaban J connectivity index is 1.83. The van der Waals surface area contributed by atoms with Gasteiger partial charge in [0.25, 0.3) is 5.91 Å². The quantitative estimate of drug-likeness (QED) is 0.712. The summed E-state index contributed by atoms with van der Waals surface area (Å²) in [6.07, 6.45) is 1.38. The molecule has 3 nitrogen and oxygen atoms in total. The van der Waals surface area contributed by atoms with Crippen molar-refractivity contribution in [3.8, 4) is 5.75 Å². The zero-order valence-corrected chi connectivity index (χ0v) is 15.7. The lowest BCUT2D eigenvalue weighted by atomic mass is 10.0. The van der Waals surface area contributed by atoms with Gasteiger partial charge < -0.3 is 10.1 Å². The number of hydrogen-bond acceptors (Lipinski definition) is 2. The molecule has 2 rings (SSSR count). The predicted octanol–water partition coefficient (Wildman–Crippen LogP) is 4.63. The van der Waals surface area contributed by atoms with Crippen molar-refractivity contribution < 1.29 is 9.53 Å². The molecule has 134 valence electrons. The molecule has 1 atom stereocenters. The molecule has 25 heavy (non-hydrogen) atoms. The second kappa shape index (κ2) is 9.26. The van der Waals surface area contributed by atoms with Gasteiger partial charge in [0.2, 0.25) is 0 Å². The number of amides is 1. The van der Waals surface area contributed by atoms with Crippen molar-refractivity contribution in [3.05, 3.63) is 65.2 Å². The molecule has 0 saturated heterocycles. The molecule has 1 amide bonds. The molecule has 0 aromatic heterocycles. The SMILES string of the molecule is Cc1ccc(C(C)C)c(O[C@H](C)C(=O)NCCCc2ccccc2)c1. The molecular weight excluding hydrogens is 310 g/mol. The van der Waals surface area contributed by atoms with Crippen LogP contribution in [-0.4, -0.2) is 18.6 Å². The van der Waals surface area contributed by atoms with Crippen molar-refractivity contribution in [2.24, 2.45) is 0 Å². The van der Waals surface area contributed by atoms with E-state index >= 15 is 0 Å². The van der Waals surface area contributed by atoms with Gasteiger partial charge in [-0.3, -0.25) is 4.79 Å². The van der Waals surface area contributed by atoms with Crippen LogP contribution in [0, 0.1) is 6.92 Å². The highest BCUT2D eigenvalue weighted by Gasteiger charge is 2.17. The van der Waals surface area contributed by atoms with E-state index in [4.69, 9.17) is 4.74 Å². The summed E-state index contributed by atoms with van der Waals surface area (Å²) in [5, 5.41) is 2.97. The molecule has 0 aliphatic rings. The number of aryl methyl sites for hydroxylation is 2. The molecule has 0 heterocycles. The van der Waals surface area contributed by atoms with Gasteiger partial charge in [0, 0.05) is 6.54 Å². The molecule has 1 N–H and O–H groups in total. The Kier molecular flexibility index (Phi) is 7.05. The van der Waals surface area contributed by atoms with Crippen LogP contribution in [0.15, 0.2) is 48.5 Å². The van der Waals surface area contributed by atoms with E-state index in [0.29, 0.717) is 12.5 Å². The number of hydrogen-bond donors (Lipinski definition) is 1. The molecule has 0 saturated carbocycles. The van der Waals surface area contributed by atoms with Crippen LogP contribution < -0.4 is 10.1 Å². The third kappa shape index (κ3) is 5.93. The fourth-order valence-electron chi connectivity index (χ4n) is 2.76. The van der Waals surface area contributed by atoms with Crippen molar-refractivity contribution in [1.82, 2.24) is 5.32 Å². The first kappa shape index (κ1) is 19.0. The third-order valence-electron chi connectivity index (χ3n) is 4.25. The minimum atomic E-state index is -0.504. The number of nitrogens with one attached hydrogen (secondary N) is 1. The fourth-order valence-corrected chi connectivity index (χ4v) is 2.76. The average Bonchev–Trinajstić information content (AvgIpc) is 2.59. The van der Waals surface area contributed by atoms with Crippen LogP contribution in [0.1, 0.15) is 49.8 Å². The summed E-state index contributed by atoms with van der Waals surface area (Å²) in [7, 11) is 0. The maximum atomic E-state index is 12.3. The summed E-state index contributed by atoms with van der Waals surface area (Å²) in [6, 6.07) is 16.5. The Morgan fingerprint density at radius 2 is 1.80 bits per heavy atom. The first-order valence-electron chi connectivity index (χ1n) is 9.06. The van der Waals surface area contributed by atoms with Crippen molar-refractivity contribution >= 4 is 5.91 Å². The lowest BCUT2D eigenvalue weighted by molar-refractivity contribution is -0.127. The Bertz CT molecular complexity index is 680. The van der Waals surface area contributed by atoms with Gasteiger partial charge in [-0.05, 0) is 55.4 Å². The number of carbonyl (C=O) groups excluding carboxylic acids is 1. The van der Waals surface area contributed by atoms with Crippen LogP contribution in [0.5, 0.6) is 5.75 Å². The maximum absolute atomic E-state index is 12.3. The summed E-state index contributed by atoms with van der Waals surface area (Å²) in [4.78, 5) is 12.3. The summed E-state index contributed by atoms with van der Waals surface area (Å²) >= 11 is 0. The van der Waals surface area contributed by atoms with Crippen LogP contribution in [0.2, 0.25) is 0 Å². The molecular formula is C22H29NO2. The van der Waals surface area contributed by atoms with E-state index in [1.807, 2.05) is 31.2 Å². The molecule has 0 bridgehead atoms. The minimum absolute atomic E-state index is 0.0655. The Labute approximate surface area is 151 Å². The molecule has 0 radical (unpaired) electrons. The van der Waals surface area contributed by atoms with Gasteiger partial charge in [-0.15, -0.1) is 0 Å². The van der Waals surface area contributed by atoms with Gasteiger partial charge in [-0.1, -0.05) is 56.3 Å². The molecule has 0 unspecified atom stereocenters. The van der Waals surface area contributed by atoms with Crippen molar-refractivity contribution in [1.29, 1.82) is 0 Å². The van der Waals surface area contributed by atoms with E-state index < -0.39 is 6.10 Å². The smallest absolute Gasteiger partial charge is 0.260 e. The Morgan fingerprint density at radius 1 is 1.08 bits per heavy atom. The highest BCUT2D eigenvalue weighted by Crippen LogP contribution is 2.28. The number of carbonyl (C=O) groups is 1. The molecule has 0 spiro atoms. The van der Waals surface area contributed by atoms with Crippen molar-refractivity contribution in [2.75, 3.05) is 6.54 Å². The summed E-state index contributed by atoms with van der Waals surface area (Å²) in [5.41, 5.74) is 3.56. The largest absolute Gasteiger partial charge is 0.481 e. The number of benzene rings is 2. The van der Waals surface area contributed by atoms with Crippen LogP contribution in [0.25, 0.3) is 0 Å². The second-order valence-electron chi connectivity index (χ2n) is 6.84. The Morgan fingerprint density at radius 3 is 2.48 bits per heavy atom. The predicted molar refractivity (Wildman–Crippen MR) is 103 cm³/mol. The summed E-state index contributed by atoms with van der Waals surface area (Å²) in [6.45, 7) is 8.76. The van der Waals surface area contributed by atoms with Gasteiger partial charge in [-0.2, -0.15) is 0 Å². The normalized spacial score (nSPS) is 12.0. The highest BCUT2D eigenvalue weighted by molar-refractivity contribution is 5.80. The maximum Gasteiger partial charge on any atom is 0.260 e. The van der Waals surface area contributed by atoms with Crippen molar-refractivity contribution in [3.63, 3.8) is 0 Å². The van der Waals surface area contributed by atoms with Crippen molar-refractivity contribution in [2.45, 2.75) is 52.6 Å². The van der Waals surface area contributed by atoms with Gasteiger partial charge in [0.15, 0.2) is 6.10 Å². The summed E-state index contributed by atoms with van der Waals surface area (Å²) in [5.74, 6) is 1.10. The first-order chi connectivity index (χ1) is 12.0. The monoisotopic (exact) mass is 339 g/mol. The minimum Gasteiger partial charge on any atom is -0.481 e. The lowest BCUT2D eigenvalue weighted by Gasteiger charge is -2.19. The van der Waals surface area contributed by atoms with Gasteiger partial charge in [0.05, 0.1) is 0 Å². The fraction of sp³-hybridized carbons (Fsp3) is 0.409. The van der Waals surface area contributed by atoms with E-state index in [1.165, 1.54) is 5.56 Å². The topological polar surface area (TPSA) is 38.3 Å². The van der Waals surface area contributed by atoms with Crippen LogP contribution in [-0.2, 0) is 11.2 Å². The molecule has 0 aliphatic heterocycles. The molecule has 0 fully saturated rings. The lowest BCUT2D eigenvalue weighted by Crippen LogP contribution is -2.37. The van der Waals surface area contributed by atoms with E-state index in [-0.39, 0.29) is 5.91 Å². The zero-order valence-electron chi connectivity index (χ0n) is 15.7. The number of rotatable bonds is 8. The van der Waals surface area contributed by atoms with E-state index in [9.17, 15) is 4.79 Å².